The van der Waals surface area contributed by atoms with Gasteiger partial charge in [0.25, 0.3) is 0 Å². The summed E-state index contributed by atoms with van der Waals surface area (Å²) >= 11 is 2.90. The Labute approximate surface area is 72.9 Å². The van der Waals surface area contributed by atoms with Crippen molar-refractivity contribution in [3.05, 3.63) is 12.3 Å². The molecule has 0 spiro atoms. The van der Waals surface area contributed by atoms with Crippen molar-refractivity contribution >= 4 is 15.9 Å². The summed E-state index contributed by atoms with van der Waals surface area (Å²) in [6.07, 6.45) is -4.02. The first-order chi connectivity index (χ1) is 5.00. The molecule has 3 atom stereocenters. The van der Waals surface area contributed by atoms with E-state index in [2.05, 4.69) is 22.5 Å². The number of aliphatic hydroxyl groups is 4. The van der Waals surface area contributed by atoms with Gasteiger partial charge in [0.2, 0.25) is 0 Å². The molecule has 0 rings (SSSR count). The van der Waals surface area contributed by atoms with Gasteiger partial charge in [-0.3, -0.25) is 0 Å². The minimum atomic E-state index is -1.50. The lowest BCUT2D eigenvalue weighted by molar-refractivity contribution is -0.0473. The second-order valence-corrected chi connectivity index (χ2v) is 2.80. The van der Waals surface area contributed by atoms with Crippen LogP contribution in [-0.2, 0) is 0 Å². The van der Waals surface area contributed by atoms with Crippen LogP contribution in [0.4, 0.5) is 0 Å². The first-order valence-electron chi connectivity index (χ1n) is 2.98. The van der Waals surface area contributed by atoms with E-state index in [0.29, 0.717) is 0 Å². The maximum atomic E-state index is 9.01. The Morgan fingerprint density at radius 2 is 1.82 bits per heavy atom. The Kier molecular flexibility index (Phi) is 4.67. The Morgan fingerprint density at radius 3 is 2.09 bits per heavy atom. The number of hydrogen-bond donors (Lipinski definition) is 4. The molecule has 0 radical (unpaired) electrons. The molecule has 0 aliphatic heterocycles. The maximum absolute atomic E-state index is 9.01. The second kappa shape index (κ2) is 4.71. The predicted octanol–water partition coefficient (Wildman–Crippen LogP) is -0.464. The summed E-state index contributed by atoms with van der Waals surface area (Å²) in [5, 5.41) is 35.6. The van der Waals surface area contributed by atoms with Crippen LogP contribution >= 0.6 is 15.9 Å². The molecule has 3 unspecified atom stereocenters. The van der Waals surface area contributed by atoms with Crippen molar-refractivity contribution in [3.8, 4) is 0 Å². The summed E-state index contributed by atoms with van der Waals surface area (Å²) in [6, 6.07) is 0. The Balaban J connectivity index is 4.00. The molecular formula is C6H11BrO4. The van der Waals surface area contributed by atoms with Gasteiger partial charge < -0.3 is 20.4 Å². The van der Waals surface area contributed by atoms with Gasteiger partial charge in [-0.2, -0.15) is 0 Å². The van der Waals surface area contributed by atoms with Crippen molar-refractivity contribution < 1.29 is 20.4 Å². The van der Waals surface area contributed by atoms with Crippen LogP contribution in [0, 0.1) is 0 Å². The predicted molar refractivity (Wildman–Crippen MR) is 43.6 cm³/mol. The summed E-state index contributed by atoms with van der Waals surface area (Å²) in [6.45, 7) is 3.01. The number of alkyl halides is 1. The van der Waals surface area contributed by atoms with Crippen LogP contribution in [0.3, 0.4) is 0 Å². The van der Waals surface area contributed by atoms with Crippen molar-refractivity contribution in [3.63, 3.8) is 0 Å². The lowest BCUT2D eigenvalue weighted by atomic mass is 10.1. The summed E-state index contributed by atoms with van der Waals surface area (Å²) < 4.78 is 0. The summed E-state index contributed by atoms with van der Waals surface area (Å²) in [7, 11) is 0. The van der Waals surface area contributed by atoms with E-state index in [1.54, 1.807) is 0 Å². The molecule has 0 aromatic carbocycles. The maximum Gasteiger partial charge on any atom is 0.138 e. The van der Waals surface area contributed by atoms with E-state index < -0.39 is 24.1 Å². The SMILES string of the molecule is C=C(O)C(O)C(O)C(O)CBr. The second-order valence-electron chi connectivity index (χ2n) is 2.15. The Bertz CT molecular complexity index is 139. The van der Waals surface area contributed by atoms with Gasteiger partial charge in [-0.25, -0.2) is 0 Å². The normalized spacial score (nSPS) is 18.9. The van der Waals surface area contributed by atoms with E-state index in [1.165, 1.54) is 0 Å². The highest BCUT2D eigenvalue weighted by Crippen LogP contribution is 2.07. The first kappa shape index (κ1) is 10.9. The first-order valence-corrected chi connectivity index (χ1v) is 4.10. The zero-order chi connectivity index (χ0) is 9.02. The third-order valence-corrected chi connectivity index (χ3v) is 1.88. The fourth-order valence-electron chi connectivity index (χ4n) is 0.499. The molecule has 11 heavy (non-hydrogen) atoms. The minimum Gasteiger partial charge on any atom is -0.510 e. The quantitative estimate of drug-likeness (QED) is 0.387. The molecule has 0 saturated heterocycles. The monoisotopic (exact) mass is 226 g/mol. The summed E-state index contributed by atoms with van der Waals surface area (Å²) in [5.41, 5.74) is 0. The van der Waals surface area contributed by atoms with E-state index in [1.807, 2.05) is 0 Å². The van der Waals surface area contributed by atoms with Crippen molar-refractivity contribution in [2.75, 3.05) is 5.33 Å². The lowest BCUT2D eigenvalue weighted by Gasteiger charge is -2.20. The van der Waals surface area contributed by atoms with Crippen LogP contribution in [0.1, 0.15) is 0 Å². The van der Waals surface area contributed by atoms with Crippen LogP contribution in [-0.4, -0.2) is 44.1 Å². The molecule has 0 aromatic rings. The van der Waals surface area contributed by atoms with E-state index in [9.17, 15) is 0 Å². The van der Waals surface area contributed by atoms with Gasteiger partial charge in [0.1, 0.15) is 18.0 Å². The zero-order valence-electron chi connectivity index (χ0n) is 5.81. The van der Waals surface area contributed by atoms with Crippen LogP contribution < -0.4 is 0 Å². The highest BCUT2D eigenvalue weighted by Gasteiger charge is 2.25. The highest BCUT2D eigenvalue weighted by atomic mass is 79.9. The van der Waals surface area contributed by atoms with Gasteiger partial charge in [-0.05, 0) is 0 Å². The van der Waals surface area contributed by atoms with Gasteiger partial charge in [-0.1, -0.05) is 22.5 Å². The summed E-state index contributed by atoms with van der Waals surface area (Å²) in [5.74, 6) is -0.558. The van der Waals surface area contributed by atoms with Gasteiger partial charge in [0.15, 0.2) is 0 Å². The van der Waals surface area contributed by atoms with Crippen LogP contribution in [0.15, 0.2) is 12.3 Å². The molecular weight excluding hydrogens is 216 g/mol. The fourth-order valence-corrected chi connectivity index (χ4v) is 0.882. The van der Waals surface area contributed by atoms with Gasteiger partial charge in [0, 0.05) is 5.33 Å². The van der Waals surface area contributed by atoms with Gasteiger partial charge >= 0.3 is 0 Å². The molecule has 5 heteroatoms. The third-order valence-electron chi connectivity index (χ3n) is 1.22. The number of halogens is 1. The molecule has 0 aliphatic rings. The molecule has 0 aromatic heterocycles. The topological polar surface area (TPSA) is 80.9 Å². The molecule has 0 aliphatic carbocycles. The number of rotatable bonds is 4. The zero-order valence-corrected chi connectivity index (χ0v) is 7.40. The largest absolute Gasteiger partial charge is 0.510 e. The molecule has 66 valence electrons. The summed E-state index contributed by atoms with van der Waals surface area (Å²) in [4.78, 5) is 0. The average Bonchev–Trinajstić information content (AvgIpc) is 2.00. The van der Waals surface area contributed by atoms with Crippen molar-refractivity contribution in [2.45, 2.75) is 18.3 Å². The van der Waals surface area contributed by atoms with Crippen molar-refractivity contribution in [1.82, 2.24) is 0 Å². The average molecular weight is 227 g/mol. The smallest absolute Gasteiger partial charge is 0.138 e. The standard InChI is InChI=1S/C6H11BrO4/c1-3(8)5(10)6(11)4(9)2-7/h4-6,8-11H,1-2H2. The molecule has 0 amide bonds. The lowest BCUT2D eigenvalue weighted by Crippen LogP contribution is -2.39. The van der Waals surface area contributed by atoms with Crippen molar-refractivity contribution in [1.29, 1.82) is 0 Å². The van der Waals surface area contributed by atoms with Crippen molar-refractivity contribution in [2.24, 2.45) is 0 Å². The molecule has 0 bridgehead atoms. The highest BCUT2D eigenvalue weighted by molar-refractivity contribution is 9.09. The Hall–Kier alpha value is -0.100. The fraction of sp³-hybridized carbons (Fsp3) is 0.667. The molecule has 0 saturated carbocycles. The molecule has 0 heterocycles. The van der Waals surface area contributed by atoms with E-state index in [0.717, 1.165) is 0 Å². The molecule has 0 fully saturated rings. The van der Waals surface area contributed by atoms with Gasteiger partial charge in [-0.15, -0.1) is 0 Å². The van der Waals surface area contributed by atoms with Crippen LogP contribution in [0.25, 0.3) is 0 Å². The van der Waals surface area contributed by atoms with E-state index in [-0.39, 0.29) is 5.33 Å². The third kappa shape index (κ3) is 3.20. The van der Waals surface area contributed by atoms with Gasteiger partial charge in [0.05, 0.1) is 6.10 Å². The Morgan fingerprint density at radius 1 is 1.36 bits per heavy atom. The number of hydrogen-bond acceptors (Lipinski definition) is 4. The van der Waals surface area contributed by atoms with Crippen LogP contribution in [0.2, 0.25) is 0 Å². The molecule has 4 N–H and O–H groups in total. The van der Waals surface area contributed by atoms with E-state index in [4.69, 9.17) is 20.4 Å². The number of aliphatic hydroxyl groups excluding tert-OH is 4. The van der Waals surface area contributed by atoms with E-state index >= 15 is 0 Å². The minimum absolute atomic E-state index is 0.124. The molecule has 4 nitrogen and oxygen atoms in total. The van der Waals surface area contributed by atoms with Crippen LogP contribution in [0.5, 0.6) is 0 Å².